The molecule has 1 aromatic carbocycles. The average Bonchev–Trinajstić information content (AvgIpc) is 2.29. The van der Waals surface area contributed by atoms with Gasteiger partial charge < -0.3 is 4.90 Å². The Morgan fingerprint density at radius 1 is 1.29 bits per heavy atom. The van der Waals surface area contributed by atoms with E-state index in [0.717, 1.165) is 25.9 Å². The molecule has 0 bridgehead atoms. The fourth-order valence-corrected chi connectivity index (χ4v) is 2.53. The van der Waals surface area contributed by atoms with Crippen molar-refractivity contribution in [2.24, 2.45) is 5.92 Å². The molecule has 1 fully saturated rings. The van der Waals surface area contributed by atoms with Crippen molar-refractivity contribution in [3.05, 3.63) is 33.8 Å². The van der Waals surface area contributed by atoms with E-state index < -0.39 is 0 Å². The molecule has 1 heterocycles. The standard InChI is InChI=1S/C13H15Cl2NO/c1-9-4-6-16(7-5-9)13(17)11-3-2-10(14)8-12(11)15/h2-3,8-9H,4-7H2,1H3. The summed E-state index contributed by atoms with van der Waals surface area (Å²) in [6.07, 6.45) is 2.13. The molecule has 0 N–H and O–H groups in total. The van der Waals surface area contributed by atoms with Crippen molar-refractivity contribution in [3.63, 3.8) is 0 Å². The molecular weight excluding hydrogens is 257 g/mol. The SMILES string of the molecule is CC1CCN(C(=O)c2ccc(Cl)cc2Cl)CC1. The van der Waals surface area contributed by atoms with E-state index in [1.807, 2.05) is 4.90 Å². The van der Waals surface area contributed by atoms with E-state index in [-0.39, 0.29) is 5.91 Å². The van der Waals surface area contributed by atoms with Gasteiger partial charge in [-0.3, -0.25) is 4.79 Å². The zero-order chi connectivity index (χ0) is 12.4. The maximum Gasteiger partial charge on any atom is 0.255 e. The maximum absolute atomic E-state index is 12.2. The molecular formula is C13H15Cl2NO. The molecule has 0 atom stereocenters. The normalized spacial score (nSPS) is 17.2. The van der Waals surface area contributed by atoms with Crippen LogP contribution in [0.15, 0.2) is 18.2 Å². The molecule has 0 unspecified atom stereocenters. The maximum atomic E-state index is 12.2. The number of hydrogen-bond donors (Lipinski definition) is 0. The van der Waals surface area contributed by atoms with Crippen LogP contribution in [-0.2, 0) is 0 Å². The first-order valence-corrected chi connectivity index (χ1v) is 6.58. The van der Waals surface area contributed by atoms with E-state index in [2.05, 4.69) is 6.92 Å². The average molecular weight is 272 g/mol. The number of amides is 1. The van der Waals surface area contributed by atoms with Crippen molar-refractivity contribution in [1.29, 1.82) is 0 Å². The molecule has 2 nitrogen and oxygen atoms in total. The number of halogens is 2. The number of carbonyl (C=O) groups is 1. The first-order chi connectivity index (χ1) is 8.08. The highest BCUT2D eigenvalue weighted by molar-refractivity contribution is 6.36. The number of hydrogen-bond acceptors (Lipinski definition) is 1. The van der Waals surface area contributed by atoms with Crippen molar-refractivity contribution in [1.82, 2.24) is 4.90 Å². The number of piperidine rings is 1. The van der Waals surface area contributed by atoms with Gasteiger partial charge in [0.2, 0.25) is 0 Å². The lowest BCUT2D eigenvalue weighted by Crippen LogP contribution is -2.38. The van der Waals surface area contributed by atoms with Crippen LogP contribution in [0.1, 0.15) is 30.1 Å². The zero-order valence-corrected chi connectivity index (χ0v) is 11.3. The van der Waals surface area contributed by atoms with Crippen LogP contribution in [0.4, 0.5) is 0 Å². The van der Waals surface area contributed by atoms with Gasteiger partial charge in [-0.05, 0) is 37.0 Å². The van der Waals surface area contributed by atoms with Gasteiger partial charge in [0.05, 0.1) is 10.6 Å². The molecule has 0 aromatic heterocycles. The lowest BCUT2D eigenvalue weighted by Gasteiger charge is -2.30. The molecule has 1 aliphatic rings. The Kier molecular flexibility index (Phi) is 3.95. The van der Waals surface area contributed by atoms with E-state index in [4.69, 9.17) is 23.2 Å². The molecule has 0 aliphatic carbocycles. The molecule has 0 saturated carbocycles. The molecule has 4 heteroatoms. The lowest BCUT2D eigenvalue weighted by molar-refractivity contribution is 0.0697. The summed E-state index contributed by atoms with van der Waals surface area (Å²) in [5.41, 5.74) is 0.547. The molecule has 0 radical (unpaired) electrons. The summed E-state index contributed by atoms with van der Waals surface area (Å²) in [4.78, 5) is 14.1. The quantitative estimate of drug-likeness (QED) is 0.760. The fraction of sp³-hybridized carbons (Fsp3) is 0.462. The van der Waals surface area contributed by atoms with E-state index in [1.54, 1.807) is 18.2 Å². The smallest absolute Gasteiger partial charge is 0.255 e. The van der Waals surface area contributed by atoms with Gasteiger partial charge in [0.25, 0.3) is 5.91 Å². The number of benzene rings is 1. The Morgan fingerprint density at radius 3 is 2.53 bits per heavy atom. The molecule has 1 saturated heterocycles. The van der Waals surface area contributed by atoms with E-state index in [1.165, 1.54) is 0 Å². The summed E-state index contributed by atoms with van der Waals surface area (Å²) in [6, 6.07) is 5.02. The van der Waals surface area contributed by atoms with E-state index >= 15 is 0 Å². The second-order valence-corrected chi connectivity index (χ2v) is 5.44. The molecule has 1 amide bonds. The van der Waals surface area contributed by atoms with Crippen LogP contribution < -0.4 is 0 Å². The van der Waals surface area contributed by atoms with Crippen LogP contribution in [0.25, 0.3) is 0 Å². The number of rotatable bonds is 1. The van der Waals surface area contributed by atoms with Crippen molar-refractivity contribution in [2.75, 3.05) is 13.1 Å². The molecule has 92 valence electrons. The second kappa shape index (κ2) is 5.28. The van der Waals surface area contributed by atoms with Crippen molar-refractivity contribution < 1.29 is 4.79 Å². The van der Waals surface area contributed by atoms with Gasteiger partial charge >= 0.3 is 0 Å². The topological polar surface area (TPSA) is 20.3 Å². The zero-order valence-electron chi connectivity index (χ0n) is 9.75. The largest absolute Gasteiger partial charge is 0.339 e. The van der Waals surface area contributed by atoms with Crippen molar-refractivity contribution in [3.8, 4) is 0 Å². The predicted molar refractivity (Wildman–Crippen MR) is 70.8 cm³/mol. The summed E-state index contributed by atoms with van der Waals surface area (Å²) in [7, 11) is 0. The second-order valence-electron chi connectivity index (χ2n) is 4.60. The summed E-state index contributed by atoms with van der Waals surface area (Å²) < 4.78 is 0. The third-order valence-corrected chi connectivity index (χ3v) is 3.78. The van der Waals surface area contributed by atoms with E-state index in [0.29, 0.717) is 21.5 Å². The van der Waals surface area contributed by atoms with Gasteiger partial charge in [-0.25, -0.2) is 0 Å². The number of carbonyl (C=O) groups excluding carboxylic acids is 1. The van der Waals surface area contributed by atoms with Crippen LogP contribution in [-0.4, -0.2) is 23.9 Å². The van der Waals surface area contributed by atoms with Crippen molar-refractivity contribution in [2.45, 2.75) is 19.8 Å². The van der Waals surface area contributed by atoms with Gasteiger partial charge in [0, 0.05) is 18.1 Å². The van der Waals surface area contributed by atoms with Crippen LogP contribution >= 0.6 is 23.2 Å². The van der Waals surface area contributed by atoms with Crippen LogP contribution in [0.3, 0.4) is 0 Å². The molecule has 0 spiro atoms. The lowest BCUT2D eigenvalue weighted by atomic mass is 9.98. The third kappa shape index (κ3) is 2.93. The van der Waals surface area contributed by atoms with Crippen LogP contribution in [0.5, 0.6) is 0 Å². The highest BCUT2D eigenvalue weighted by Crippen LogP contribution is 2.24. The van der Waals surface area contributed by atoms with E-state index in [9.17, 15) is 4.79 Å². The fourth-order valence-electron chi connectivity index (χ4n) is 2.04. The monoisotopic (exact) mass is 271 g/mol. The Balaban J connectivity index is 2.14. The first kappa shape index (κ1) is 12.7. The Labute approximate surface area is 112 Å². The Morgan fingerprint density at radius 2 is 1.94 bits per heavy atom. The van der Waals surface area contributed by atoms with Gasteiger partial charge in [0.1, 0.15) is 0 Å². The van der Waals surface area contributed by atoms with Crippen LogP contribution in [0.2, 0.25) is 10.0 Å². The minimum Gasteiger partial charge on any atom is -0.339 e. The van der Waals surface area contributed by atoms with Gasteiger partial charge in [-0.2, -0.15) is 0 Å². The summed E-state index contributed by atoms with van der Waals surface area (Å²) in [5.74, 6) is 0.721. The first-order valence-electron chi connectivity index (χ1n) is 5.82. The molecule has 17 heavy (non-hydrogen) atoms. The van der Waals surface area contributed by atoms with Gasteiger partial charge in [0.15, 0.2) is 0 Å². The minimum atomic E-state index is 0.0126. The summed E-state index contributed by atoms with van der Waals surface area (Å²) >= 11 is 11.9. The summed E-state index contributed by atoms with van der Waals surface area (Å²) in [6.45, 7) is 3.86. The van der Waals surface area contributed by atoms with Gasteiger partial charge in [-0.1, -0.05) is 30.1 Å². The van der Waals surface area contributed by atoms with Gasteiger partial charge in [-0.15, -0.1) is 0 Å². The summed E-state index contributed by atoms with van der Waals surface area (Å²) in [5, 5.41) is 0.986. The third-order valence-electron chi connectivity index (χ3n) is 3.23. The Bertz CT molecular complexity index is 425. The molecule has 1 aromatic rings. The highest BCUT2D eigenvalue weighted by atomic mass is 35.5. The molecule has 1 aliphatic heterocycles. The molecule has 2 rings (SSSR count). The van der Waals surface area contributed by atoms with Crippen LogP contribution in [0, 0.1) is 5.92 Å². The minimum absolute atomic E-state index is 0.0126. The number of likely N-dealkylation sites (tertiary alicyclic amines) is 1. The Hall–Kier alpha value is -0.730. The number of nitrogens with zero attached hydrogens (tertiary/aromatic N) is 1. The van der Waals surface area contributed by atoms with Crippen molar-refractivity contribution >= 4 is 29.1 Å². The predicted octanol–water partition coefficient (Wildman–Crippen LogP) is 3.87. The highest BCUT2D eigenvalue weighted by Gasteiger charge is 2.22.